The quantitative estimate of drug-likeness (QED) is 0.753. The second-order valence-electron chi connectivity index (χ2n) is 4.01. The molecular weight excluding hydrogens is 230 g/mol. The lowest BCUT2D eigenvalue weighted by Crippen LogP contribution is -2.31. The van der Waals surface area contributed by atoms with Crippen LogP contribution in [-0.2, 0) is 0 Å². The number of aliphatic hydroxyl groups excluding tert-OH is 1. The monoisotopic (exact) mass is 249 g/mol. The zero-order chi connectivity index (χ0) is 9.68. The van der Waals surface area contributed by atoms with Crippen molar-refractivity contribution in [2.24, 2.45) is 5.92 Å². The molecule has 0 radical (unpaired) electrons. The summed E-state index contributed by atoms with van der Waals surface area (Å²) >= 11 is 3.29. The third-order valence-electron chi connectivity index (χ3n) is 2.71. The molecule has 0 amide bonds. The highest BCUT2D eigenvalue weighted by molar-refractivity contribution is 9.09. The van der Waals surface area contributed by atoms with Crippen LogP contribution in [0.2, 0.25) is 0 Å². The average molecular weight is 250 g/mol. The number of rotatable bonds is 5. The van der Waals surface area contributed by atoms with Gasteiger partial charge < -0.3 is 10.0 Å². The Balaban J connectivity index is 2.17. The van der Waals surface area contributed by atoms with Crippen molar-refractivity contribution in [3.05, 3.63) is 0 Å². The minimum absolute atomic E-state index is 0.194. The molecule has 1 aliphatic rings. The molecular formula is C10H20BrNO. The minimum Gasteiger partial charge on any atom is -0.391 e. The lowest BCUT2D eigenvalue weighted by atomic mass is 10.0. The minimum atomic E-state index is -0.194. The Morgan fingerprint density at radius 3 is 3.00 bits per heavy atom. The number of alkyl halides is 1. The molecule has 1 saturated heterocycles. The summed E-state index contributed by atoms with van der Waals surface area (Å²) < 4.78 is 0. The highest BCUT2D eigenvalue weighted by Crippen LogP contribution is 2.20. The van der Waals surface area contributed by atoms with Crippen LogP contribution in [0.25, 0.3) is 0 Å². The second kappa shape index (κ2) is 5.99. The molecule has 13 heavy (non-hydrogen) atoms. The van der Waals surface area contributed by atoms with Crippen molar-refractivity contribution < 1.29 is 5.11 Å². The van der Waals surface area contributed by atoms with Crippen molar-refractivity contribution in [2.75, 3.05) is 25.0 Å². The summed E-state index contributed by atoms with van der Waals surface area (Å²) in [4.78, 5) is 2.38. The molecule has 1 N–H and O–H groups in total. The van der Waals surface area contributed by atoms with Gasteiger partial charge in [-0.25, -0.2) is 0 Å². The fraction of sp³-hybridized carbons (Fsp3) is 1.00. The van der Waals surface area contributed by atoms with Gasteiger partial charge in [0.25, 0.3) is 0 Å². The Morgan fingerprint density at radius 2 is 2.38 bits per heavy atom. The Hall–Kier alpha value is 0.400. The number of hydrogen-bond acceptors (Lipinski definition) is 2. The number of aliphatic hydroxyl groups is 1. The normalized spacial score (nSPS) is 26.5. The molecule has 3 heteroatoms. The van der Waals surface area contributed by atoms with Crippen molar-refractivity contribution in [3.63, 3.8) is 0 Å². The predicted molar refractivity (Wildman–Crippen MR) is 59.3 cm³/mol. The van der Waals surface area contributed by atoms with Crippen molar-refractivity contribution in [1.29, 1.82) is 0 Å². The lowest BCUT2D eigenvalue weighted by Gasteiger charge is -2.18. The highest BCUT2D eigenvalue weighted by atomic mass is 79.9. The molecule has 2 unspecified atom stereocenters. The number of hydrogen-bond donors (Lipinski definition) is 1. The maximum Gasteiger partial charge on any atom is 0.0763 e. The molecule has 2 nitrogen and oxygen atoms in total. The molecule has 1 heterocycles. The fourth-order valence-electron chi connectivity index (χ4n) is 2.07. The first-order valence-electron chi connectivity index (χ1n) is 5.22. The van der Waals surface area contributed by atoms with Crippen LogP contribution in [0.5, 0.6) is 0 Å². The molecule has 2 atom stereocenters. The number of likely N-dealkylation sites (tertiary alicyclic amines) is 1. The Bertz CT molecular complexity index is 143. The summed E-state index contributed by atoms with van der Waals surface area (Å²) in [6.07, 6.45) is 3.77. The summed E-state index contributed by atoms with van der Waals surface area (Å²) in [7, 11) is 0. The molecule has 1 aliphatic heterocycles. The molecule has 1 rings (SSSR count). The SMILES string of the molecule is CCCC1CCN(CC(O)CBr)C1. The largest absolute Gasteiger partial charge is 0.391 e. The Labute approximate surface area is 89.4 Å². The highest BCUT2D eigenvalue weighted by Gasteiger charge is 2.22. The first-order valence-corrected chi connectivity index (χ1v) is 6.34. The Kier molecular flexibility index (Phi) is 5.29. The van der Waals surface area contributed by atoms with Gasteiger partial charge in [0.15, 0.2) is 0 Å². The van der Waals surface area contributed by atoms with Gasteiger partial charge >= 0.3 is 0 Å². The van der Waals surface area contributed by atoms with Crippen LogP contribution in [0.15, 0.2) is 0 Å². The van der Waals surface area contributed by atoms with E-state index in [1.807, 2.05) is 0 Å². The van der Waals surface area contributed by atoms with Crippen molar-refractivity contribution in [2.45, 2.75) is 32.3 Å². The molecule has 0 spiro atoms. The summed E-state index contributed by atoms with van der Waals surface area (Å²) in [5.74, 6) is 0.882. The summed E-state index contributed by atoms with van der Waals surface area (Å²) in [5.41, 5.74) is 0. The van der Waals surface area contributed by atoms with Crippen LogP contribution in [0.3, 0.4) is 0 Å². The molecule has 0 bridgehead atoms. The van der Waals surface area contributed by atoms with Crippen molar-refractivity contribution in [1.82, 2.24) is 4.90 Å². The van der Waals surface area contributed by atoms with Crippen LogP contribution in [0.4, 0.5) is 0 Å². The van der Waals surface area contributed by atoms with Gasteiger partial charge in [-0.15, -0.1) is 0 Å². The third kappa shape index (κ3) is 3.96. The average Bonchev–Trinajstić information content (AvgIpc) is 2.53. The number of halogens is 1. The summed E-state index contributed by atoms with van der Waals surface area (Å²) in [6.45, 7) is 5.45. The summed E-state index contributed by atoms with van der Waals surface area (Å²) in [5, 5.41) is 10.1. The van der Waals surface area contributed by atoms with E-state index in [1.54, 1.807) is 0 Å². The van der Waals surface area contributed by atoms with Crippen LogP contribution >= 0.6 is 15.9 Å². The number of nitrogens with zero attached hydrogens (tertiary/aromatic N) is 1. The molecule has 0 aliphatic carbocycles. The van der Waals surface area contributed by atoms with Gasteiger partial charge in [-0.3, -0.25) is 0 Å². The van der Waals surface area contributed by atoms with E-state index in [1.165, 1.54) is 32.4 Å². The molecule has 0 saturated carbocycles. The van der Waals surface area contributed by atoms with E-state index < -0.39 is 0 Å². The Morgan fingerprint density at radius 1 is 1.62 bits per heavy atom. The molecule has 0 aromatic rings. The van der Waals surface area contributed by atoms with E-state index in [0.29, 0.717) is 5.33 Å². The first kappa shape index (κ1) is 11.5. The molecule has 78 valence electrons. The van der Waals surface area contributed by atoms with Gasteiger partial charge in [-0.1, -0.05) is 29.3 Å². The third-order valence-corrected chi connectivity index (χ3v) is 3.46. The topological polar surface area (TPSA) is 23.5 Å². The fourth-order valence-corrected chi connectivity index (χ4v) is 2.27. The van der Waals surface area contributed by atoms with Crippen LogP contribution in [-0.4, -0.2) is 41.1 Å². The maximum absolute atomic E-state index is 9.45. The summed E-state index contributed by atoms with van der Waals surface area (Å²) in [6, 6.07) is 0. The van der Waals surface area contributed by atoms with Crippen molar-refractivity contribution in [3.8, 4) is 0 Å². The zero-order valence-corrected chi connectivity index (χ0v) is 9.96. The van der Waals surface area contributed by atoms with E-state index in [0.717, 1.165) is 12.5 Å². The van der Waals surface area contributed by atoms with E-state index >= 15 is 0 Å². The van der Waals surface area contributed by atoms with Gasteiger partial charge in [0, 0.05) is 18.4 Å². The van der Waals surface area contributed by atoms with E-state index in [2.05, 4.69) is 27.8 Å². The predicted octanol–water partition coefficient (Wildman–Crippen LogP) is 1.86. The lowest BCUT2D eigenvalue weighted by molar-refractivity contribution is 0.143. The van der Waals surface area contributed by atoms with Crippen molar-refractivity contribution >= 4 is 15.9 Å². The maximum atomic E-state index is 9.45. The van der Waals surface area contributed by atoms with Gasteiger partial charge in [-0.05, 0) is 25.3 Å². The van der Waals surface area contributed by atoms with Crippen LogP contribution in [0, 0.1) is 5.92 Å². The van der Waals surface area contributed by atoms with Crippen LogP contribution in [0.1, 0.15) is 26.2 Å². The van der Waals surface area contributed by atoms with E-state index in [-0.39, 0.29) is 6.10 Å². The van der Waals surface area contributed by atoms with Gasteiger partial charge in [0.05, 0.1) is 6.10 Å². The van der Waals surface area contributed by atoms with Gasteiger partial charge in [-0.2, -0.15) is 0 Å². The van der Waals surface area contributed by atoms with Gasteiger partial charge in [0.2, 0.25) is 0 Å². The van der Waals surface area contributed by atoms with Gasteiger partial charge in [0.1, 0.15) is 0 Å². The smallest absolute Gasteiger partial charge is 0.0763 e. The standard InChI is InChI=1S/C10H20BrNO/c1-2-3-9-4-5-12(7-9)8-10(13)6-11/h9-10,13H,2-8H2,1H3. The van der Waals surface area contributed by atoms with E-state index in [9.17, 15) is 5.11 Å². The zero-order valence-electron chi connectivity index (χ0n) is 8.38. The first-order chi connectivity index (χ1) is 6.26. The number of β-amino-alcohol motifs (C(OH)–C–C–N with tert-alkyl or cyclic N) is 1. The molecule has 1 fully saturated rings. The van der Waals surface area contributed by atoms with E-state index in [4.69, 9.17) is 0 Å². The van der Waals surface area contributed by atoms with Crippen LogP contribution < -0.4 is 0 Å². The molecule has 0 aromatic carbocycles. The second-order valence-corrected chi connectivity index (χ2v) is 4.66. The molecule has 0 aromatic heterocycles.